The number of nitriles is 1. The standard InChI is InChI=1S/C14H15N3O3/c15-8-9-1-4-11(5-2-9)16-14(20)17-12-6-3-10(7-12)13(18)19/h1-2,4-5,10,12H,3,6-7H2,(H,18,19)(H2,16,17,20)/t10-,12+/m1/s1. The number of rotatable bonds is 3. The molecule has 0 spiro atoms. The summed E-state index contributed by atoms with van der Waals surface area (Å²) in [4.78, 5) is 22.6. The maximum Gasteiger partial charge on any atom is 0.319 e. The summed E-state index contributed by atoms with van der Waals surface area (Å²) >= 11 is 0. The molecule has 6 nitrogen and oxygen atoms in total. The number of carboxylic acid groups (broad SMARTS) is 1. The fourth-order valence-corrected chi connectivity index (χ4v) is 2.32. The van der Waals surface area contributed by atoms with E-state index in [9.17, 15) is 9.59 Å². The van der Waals surface area contributed by atoms with Crippen LogP contribution in [-0.2, 0) is 4.79 Å². The van der Waals surface area contributed by atoms with E-state index in [0.29, 0.717) is 30.5 Å². The molecule has 104 valence electrons. The molecule has 1 aliphatic carbocycles. The Morgan fingerprint density at radius 2 is 1.95 bits per heavy atom. The molecule has 1 aliphatic rings. The van der Waals surface area contributed by atoms with Crippen molar-refractivity contribution in [2.24, 2.45) is 5.92 Å². The summed E-state index contributed by atoms with van der Waals surface area (Å²) < 4.78 is 0. The number of carboxylic acids is 1. The predicted octanol–water partition coefficient (Wildman–Crippen LogP) is 1.93. The molecule has 6 heteroatoms. The second kappa shape index (κ2) is 6.06. The lowest BCUT2D eigenvalue weighted by atomic mass is 10.1. The predicted molar refractivity (Wildman–Crippen MR) is 72.1 cm³/mol. The topological polar surface area (TPSA) is 102 Å². The number of nitrogens with zero attached hydrogens (tertiary/aromatic N) is 1. The lowest BCUT2D eigenvalue weighted by molar-refractivity contribution is -0.141. The van der Waals surface area contributed by atoms with Crippen LogP contribution >= 0.6 is 0 Å². The molecule has 2 amide bonds. The third-order valence-electron chi connectivity index (χ3n) is 3.39. The highest BCUT2D eigenvalue weighted by Crippen LogP contribution is 2.25. The number of aliphatic carboxylic acids is 1. The Hall–Kier alpha value is -2.55. The minimum absolute atomic E-state index is 0.102. The van der Waals surface area contributed by atoms with Crippen molar-refractivity contribution in [3.8, 4) is 6.07 Å². The molecule has 0 aromatic heterocycles. The molecule has 0 bridgehead atoms. The van der Waals surface area contributed by atoms with E-state index in [1.165, 1.54) is 0 Å². The van der Waals surface area contributed by atoms with Gasteiger partial charge in [-0.3, -0.25) is 4.79 Å². The van der Waals surface area contributed by atoms with Gasteiger partial charge in [-0.05, 0) is 43.5 Å². The number of hydrogen-bond acceptors (Lipinski definition) is 3. The summed E-state index contributed by atoms with van der Waals surface area (Å²) in [5, 5.41) is 23.0. The van der Waals surface area contributed by atoms with Gasteiger partial charge in [-0.1, -0.05) is 0 Å². The van der Waals surface area contributed by atoms with E-state index in [0.717, 1.165) is 0 Å². The van der Waals surface area contributed by atoms with Gasteiger partial charge in [-0.25, -0.2) is 4.79 Å². The van der Waals surface area contributed by atoms with E-state index >= 15 is 0 Å². The molecule has 2 atom stereocenters. The molecule has 0 aliphatic heterocycles. The van der Waals surface area contributed by atoms with Crippen LogP contribution in [0.5, 0.6) is 0 Å². The first-order valence-electron chi connectivity index (χ1n) is 6.39. The quantitative estimate of drug-likeness (QED) is 0.783. The normalized spacial score (nSPS) is 20.9. The van der Waals surface area contributed by atoms with E-state index in [-0.39, 0.29) is 18.0 Å². The number of carbonyl (C=O) groups is 2. The van der Waals surface area contributed by atoms with Crippen molar-refractivity contribution in [3.05, 3.63) is 29.8 Å². The second-order valence-corrected chi connectivity index (χ2v) is 4.83. The molecule has 1 aromatic carbocycles. The zero-order valence-corrected chi connectivity index (χ0v) is 10.8. The van der Waals surface area contributed by atoms with Gasteiger partial charge in [0.05, 0.1) is 17.6 Å². The molecular formula is C14H15N3O3. The van der Waals surface area contributed by atoms with Gasteiger partial charge in [0.2, 0.25) is 0 Å². The number of hydrogen-bond donors (Lipinski definition) is 3. The van der Waals surface area contributed by atoms with Crippen LogP contribution in [0.2, 0.25) is 0 Å². The number of nitrogens with one attached hydrogen (secondary N) is 2. The average Bonchev–Trinajstić information content (AvgIpc) is 2.88. The summed E-state index contributed by atoms with van der Waals surface area (Å²) in [6.07, 6.45) is 1.74. The number of anilines is 1. The van der Waals surface area contributed by atoms with Crippen LogP contribution in [-0.4, -0.2) is 23.1 Å². The van der Waals surface area contributed by atoms with Crippen molar-refractivity contribution in [1.82, 2.24) is 5.32 Å². The largest absolute Gasteiger partial charge is 0.481 e. The van der Waals surface area contributed by atoms with Gasteiger partial charge in [0, 0.05) is 11.7 Å². The first kappa shape index (κ1) is 13.9. The molecule has 1 fully saturated rings. The summed E-state index contributed by atoms with van der Waals surface area (Å²) in [6.45, 7) is 0. The summed E-state index contributed by atoms with van der Waals surface area (Å²) in [7, 11) is 0. The molecule has 0 saturated heterocycles. The Morgan fingerprint density at radius 3 is 2.50 bits per heavy atom. The van der Waals surface area contributed by atoms with Crippen molar-refractivity contribution < 1.29 is 14.7 Å². The van der Waals surface area contributed by atoms with Crippen LogP contribution in [0.15, 0.2) is 24.3 Å². The maximum absolute atomic E-state index is 11.8. The zero-order valence-electron chi connectivity index (χ0n) is 10.8. The molecule has 1 saturated carbocycles. The van der Waals surface area contributed by atoms with Crippen molar-refractivity contribution in [3.63, 3.8) is 0 Å². The fraction of sp³-hybridized carbons (Fsp3) is 0.357. The van der Waals surface area contributed by atoms with Gasteiger partial charge in [-0.15, -0.1) is 0 Å². The van der Waals surface area contributed by atoms with Gasteiger partial charge < -0.3 is 15.7 Å². The smallest absolute Gasteiger partial charge is 0.319 e. The van der Waals surface area contributed by atoms with Gasteiger partial charge in [-0.2, -0.15) is 5.26 Å². The molecule has 0 radical (unpaired) electrons. The fourth-order valence-electron chi connectivity index (χ4n) is 2.32. The molecule has 2 rings (SSSR count). The minimum atomic E-state index is -0.804. The third kappa shape index (κ3) is 3.48. The van der Waals surface area contributed by atoms with Crippen LogP contribution in [0.1, 0.15) is 24.8 Å². The van der Waals surface area contributed by atoms with Crippen molar-refractivity contribution in [1.29, 1.82) is 5.26 Å². The van der Waals surface area contributed by atoms with Crippen LogP contribution in [0, 0.1) is 17.2 Å². The van der Waals surface area contributed by atoms with Gasteiger partial charge in [0.25, 0.3) is 0 Å². The number of amides is 2. The van der Waals surface area contributed by atoms with E-state index in [4.69, 9.17) is 10.4 Å². The highest BCUT2D eigenvalue weighted by Gasteiger charge is 2.30. The van der Waals surface area contributed by atoms with E-state index in [1.54, 1.807) is 24.3 Å². The van der Waals surface area contributed by atoms with Crippen molar-refractivity contribution in [2.75, 3.05) is 5.32 Å². The highest BCUT2D eigenvalue weighted by atomic mass is 16.4. The zero-order chi connectivity index (χ0) is 14.5. The van der Waals surface area contributed by atoms with Crippen LogP contribution in [0.4, 0.5) is 10.5 Å². The monoisotopic (exact) mass is 273 g/mol. The minimum Gasteiger partial charge on any atom is -0.481 e. The Balaban J connectivity index is 1.84. The Morgan fingerprint density at radius 1 is 1.25 bits per heavy atom. The van der Waals surface area contributed by atoms with Crippen LogP contribution in [0.25, 0.3) is 0 Å². The van der Waals surface area contributed by atoms with E-state index in [2.05, 4.69) is 10.6 Å². The molecule has 0 unspecified atom stereocenters. The van der Waals surface area contributed by atoms with E-state index < -0.39 is 5.97 Å². The Labute approximate surface area is 116 Å². The lowest BCUT2D eigenvalue weighted by Crippen LogP contribution is -2.36. The van der Waals surface area contributed by atoms with Gasteiger partial charge in [0.1, 0.15) is 0 Å². The molecular weight excluding hydrogens is 258 g/mol. The lowest BCUT2D eigenvalue weighted by Gasteiger charge is -2.13. The number of urea groups is 1. The van der Waals surface area contributed by atoms with Gasteiger partial charge in [0.15, 0.2) is 0 Å². The van der Waals surface area contributed by atoms with E-state index in [1.807, 2.05) is 6.07 Å². The Bertz CT molecular complexity index is 548. The average molecular weight is 273 g/mol. The SMILES string of the molecule is N#Cc1ccc(NC(=O)N[C@H]2CC[C@@H](C(=O)O)C2)cc1. The highest BCUT2D eigenvalue weighted by molar-refractivity contribution is 5.89. The second-order valence-electron chi connectivity index (χ2n) is 4.83. The molecule has 0 heterocycles. The summed E-state index contributed by atoms with van der Waals surface area (Å²) in [5.41, 5.74) is 1.12. The first-order chi connectivity index (χ1) is 9.58. The number of carbonyl (C=O) groups excluding carboxylic acids is 1. The maximum atomic E-state index is 11.8. The summed E-state index contributed by atoms with van der Waals surface area (Å²) in [5.74, 6) is -1.17. The molecule has 1 aromatic rings. The van der Waals surface area contributed by atoms with Crippen LogP contribution < -0.4 is 10.6 Å². The molecule has 3 N–H and O–H groups in total. The first-order valence-corrected chi connectivity index (χ1v) is 6.39. The van der Waals surface area contributed by atoms with Crippen molar-refractivity contribution >= 4 is 17.7 Å². The van der Waals surface area contributed by atoms with Crippen molar-refractivity contribution in [2.45, 2.75) is 25.3 Å². The third-order valence-corrected chi connectivity index (χ3v) is 3.39. The summed E-state index contributed by atoms with van der Waals surface area (Å²) in [6, 6.07) is 8.06. The van der Waals surface area contributed by atoms with Gasteiger partial charge >= 0.3 is 12.0 Å². The molecule has 20 heavy (non-hydrogen) atoms. The van der Waals surface area contributed by atoms with Crippen LogP contribution in [0.3, 0.4) is 0 Å². The number of benzene rings is 1. The Kier molecular flexibility index (Phi) is 4.20.